The molecule has 180 valence electrons. The van der Waals surface area contributed by atoms with Crippen molar-refractivity contribution >= 4 is 22.6 Å². The minimum Gasteiger partial charge on any atom is -0.306 e. The average molecular weight is 480 g/mol. The highest BCUT2D eigenvalue weighted by Gasteiger charge is 2.22. The summed E-state index contributed by atoms with van der Waals surface area (Å²) in [6, 6.07) is 17.6. The summed E-state index contributed by atoms with van der Waals surface area (Å²) >= 11 is 0. The second-order valence-electron chi connectivity index (χ2n) is 9.44. The molecule has 0 aliphatic rings. The molecule has 1 amide bonds. The molecule has 0 atom stereocenters. The Morgan fingerprint density at radius 3 is 2.33 bits per heavy atom. The number of rotatable bonds is 4. The first kappa shape index (κ1) is 23.1. The van der Waals surface area contributed by atoms with Gasteiger partial charge in [0.05, 0.1) is 22.3 Å². The highest BCUT2D eigenvalue weighted by Crippen LogP contribution is 2.26. The lowest BCUT2D eigenvalue weighted by molar-refractivity contribution is 0.102. The number of nitrogens with one attached hydrogen (secondary N) is 1. The molecule has 0 radical (unpaired) electrons. The van der Waals surface area contributed by atoms with Gasteiger partial charge in [0.2, 0.25) is 0 Å². The van der Waals surface area contributed by atoms with Crippen molar-refractivity contribution in [2.24, 2.45) is 0 Å². The van der Waals surface area contributed by atoms with Crippen molar-refractivity contribution in [3.05, 3.63) is 100 Å². The fraction of sp³-hybridized carbons (Fsp3) is 0.185. The number of benzene rings is 2. The largest absolute Gasteiger partial charge is 0.306 e. The smallest absolute Gasteiger partial charge is 0.265 e. The molecule has 0 aliphatic heterocycles. The number of aromatic nitrogens is 6. The maximum absolute atomic E-state index is 13.1. The third kappa shape index (κ3) is 4.26. The number of fused-ring (bicyclic) bond motifs is 1. The molecule has 0 fully saturated rings. The molecule has 2 aromatic carbocycles. The van der Waals surface area contributed by atoms with Gasteiger partial charge in [0, 0.05) is 29.4 Å². The maximum Gasteiger partial charge on any atom is 0.265 e. The summed E-state index contributed by atoms with van der Waals surface area (Å²) < 4.78 is 3.07. The van der Waals surface area contributed by atoms with Crippen LogP contribution in [-0.2, 0) is 5.41 Å². The van der Waals surface area contributed by atoms with Crippen LogP contribution in [0.1, 0.15) is 42.6 Å². The molecule has 9 nitrogen and oxygen atoms in total. The van der Waals surface area contributed by atoms with E-state index in [4.69, 9.17) is 0 Å². The molecule has 3 aromatic heterocycles. The van der Waals surface area contributed by atoms with Gasteiger partial charge in [-0.25, -0.2) is 15.0 Å². The van der Waals surface area contributed by atoms with Gasteiger partial charge in [0.1, 0.15) is 11.6 Å². The molecule has 3 heterocycles. The van der Waals surface area contributed by atoms with E-state index in [1.165, 1.54) is 4.68 Å². The molecule has 0 spiro atoms. The first-order valence-electron chi connectivity index (χ1n) is 11.5. The quantitative estimate of drug-likeness (QED) is 0.414. The number of para-hydroxylation sites is 1. The highest BCUT2D eigenvalue weighted by atomic mass is 16.2. The number of amides is 1. The number of carbonyl (C=O) groups is 1. The lowest BCUT2D eigenvalue weighted by atomic mass is 9.92. The third-order valence-corrected chi connectivity index (χ3v) is 5.79. The van der Waals surface area contributed by atoms with Gasteiger partial charge in [-0.1, -0.05) is 32.9 Å². The molecule has 5 aromatic rings. The van der Waals surface area contributed by atoms with Crippen LogP contribution in [0.5, 0.6) is 0 Å². The van der Waals surface area contributed by atoms with Crippen LogP contribution in [-0.4, -0.2) is 35.2 Å². The molecular weight excluding hydrogens is 454 g/mol. The van der Waals surface area contributed by atoms with E-state index in [9.17, 15) is 9.59 Å². The monoisotopic (exact) mass is 479 g/mol. The van der Waals surface area contributed by atoms with Crippen molar-refractivity contribution in [3.8, 4) is 11.6 Å². The molecule has 36 heavy (non-hydrogen) atoms. The van der Waals surface area contributed by atoms with Crippen LogP contribution in [0.15, 0.2) is 77.9 Å². The van der Waals surface area contributed by atoms with Crippen LogP contribution >= 0.6 is 0 Å². The number of hydrogen-bond acceptors (Lipinski definition) is 6. The Morgan fingerprint density at radius 1 is 0.944 bits per heavy atom. The lowest BCUT2D eigenvalue weighted by Crippen LogP contribution is -2.22. The molecule has 0 aliphatic carbocycles. The Hall–Kier alpha value is -4.66. The molecular formula is C27H25N7O2. The Bertz CT molecular complexity index is 1630. The van der Waals surface area contributed by atoms with Crippen molar-refractivity contribution < 1.29 is 4.79 Å². The fourth-order valence-electron chi connectivity index (χ4n) is 3.89. The van der Waals surface area contributed by atoms with Crippen LogP contribution in [0.25, 0.3) is 22.5 Å². The lowest BCUT2D eigenvalue weighted by Gasteiger charge is -2.13. The Labute approximate surface area is 207 Å². The molecule has 0 saturated carbocycles. The number of aryl methyl sites for hydroxylation is 1. The Kier molecular flexibility index (Phi) is 5.68. The van der Waals surface area contributed by atoms with Gasteiger partial charge in [0.15, 0.2) is 0 Å². The van der Waals surface area contributed by atoms with E-state index in [2.05, 4.69) is 25.4 Å². The van der Waals surface area contributed by atoms with Crippen molar-refractivity contribution in [3.63, 3.8) is 0 Å². The number of nitrogens with zero attached hydrogens (tertiary/aromatic N) is 6. The van der Waals surface area contributed by atoms with Crippen LogP contribution in [0.2, 0.25) is 0 Å². The maximum atomic E-state index is 13.1. The van der Waals surface area contributed by atoms with E-state index in [-0.39, 0.29) is 16.9 Å². The standard InChI is InChI=1S/C27H25N7O2/c1-17-30-21-9-6-5-8-20(21)25(36)33(17)19-12-10-18(11-13-19)24(35)31-23-16-22(27(2,3)4)32-34(23)26-28-14-7-15-29-26/h5-16H,1-4H3,(H,31,35). The summed E-state index contributed by atoms with van der Waals surface area (Å²) in [7, 11) is 0. The summed E-state index contributed by atoms with van der Waals surface area (Å²) in [5.74, 6) is 1.07. The molecule has 5 rings (SSSR count). The van der Waals surface area contributed by atoms with Crippen molar-refractivity contribution in [2.45, 2.75) is 33.1 Å². The van der Waals surface area contributed by atoms with Gasteiger partial charge in [-0.3, -0.25) is 14.2 Å². The summed E-state index contributed by atoms with van der Waals surface area (Å²) in [5.41, 5.74) is 2.11. The minimum absolute atomic E-state index is 0.156. The first-order chi connectivity index (χ1) is 17.2. The van der Waals surface area contributed by atoms with Crippen LogP contribution in [0, 0.1) is 6.92 Å². The first-order valence-corrected chi connectivity index (χ1v) is 11.5. The predicted molar refractivity (Wildman–Crippen MR) is 138 cm³/mol. The van der Waals surface area contributed by atoms with Crippen molar-refractivity contribution in [1.82, 2.24) is 29.3 Å². The second-order valence-corrected chi connectivity index (χ2v) is 9.44. The molecule has 9 heteroatoms. The zero-order chi connectivity index (χ0) is 25.4. The zero-order valence-corrected chi connectivity index (χ0v) is 20.4. The van der Waals surface area contributed by atoms with Gasteiger partial charge in [-0.15, -0.1) is 0 Å². The molecule has 0 unspecified atom stereocenters. The van der Waals surface area contributed by atoms with E-state index in [1.807, 2.05) is 45.0 Å². The summed E-state index contributed by atoms with van der Waals surface area (Å²) in [4.78, 5) is 39.3. The van der Waals surface area contributed by atoms with Crippen molar-refractivity contribution in [2.75, 3.05) is 5.32 Å². The van der Waals surface area contributed by atoms with Crippen molar-refractivity contribution in [1.29, 1.82) is 0 Å². The summed E-state index contributed by atoms with van der Waals surface area (Å²) in [6.45, 7) is 7.92. The van der Waals surface area contributed by atoms with E-state index in [0.717, 1.165) is 5.69 Å². The van der Waals surface area contributed by atoms with E-state index >= 15 is 0 Å². The Balaban J connectivity index is 1.46. The van der Waals surface area contributed by atoms with E-state index < -0.39 is 0 Å². The Morgan fingerprint density at radius 2 is 1.64 bits per heavy atom. The molecule has 0 bridgehead atoms. The summed E-state index contributed by atoms with van der Waals surface area (Å²) in [5, 5.41) is 8.09. The predicted octanol–water partition coefficient (Wildman–Crippen LogP) is 4.22. The average Bonchev–Trinajstić information content (AvgIpc) is 3.29. The third-order valence-electron chi connectivity index (χ3n) is 5.79. The van der Waals surface area contributed by atoms with E-state index in [1.54, 1.807) is 60.3 Å². The van der Waals surface area contributed by atoms with Gasteiger partial charge >= 0.3 is 0 Å². The SMILES string of the molecule is Cc1nc2ccccc2c(=O)n1-c1ccc(C(=O)Nc2cc(C(C)(C)C)nn2-c2ncccn2)cc1. The van der Waals surface area contributed by atoms with Gasteiger partial charge in [0.25, 0.3) is 17.4 Å². The summed E-state index contributed by atoms with van der Waals surface area (Å²) in [6.07, 6.45) is 3.24. The number of anilines is 1. The van der Waals surface area contributed by atoms with Gasteiger partial charge in [-0.05, 0) is 49.4 Å². The normalized spacial score (nSPS) is 11.6. The fourth-order valence-corrected chi connectivity index (χ4v) is 3.89. The van der Waals surface area contributed by atoms with Gasteiger partial charge < -0.3 is 5.32 Å². The topological polar surface area (TPSA) is 108 Å². The van der Waals surface area contributed by atoms with Crippen LogP contribution < -0.4 is 10.9 Å². The zero-order valence-electron chi connectivity index (χ0n) is 20.4. The van der Waals surface area contributed by atoms with Crippen LogP contribution in [0.4, 0.5) is 5.82 Å². The highest BCUT2D eigenvalue weighted by molar-refractivity contribution is 6.04. The minimum atomic E-state index is -0.320. The number of hydrogen-bond donors (Lipinski definition) is 1. The molecule has 1 N–H and O–H groups in total. The molecule has 0 saturated heterocycles. The number of carbonyl (C=O) groups excluding carboxylic acids is 1. The van der Waals surface area contributed by atoms with Crippen LogP contribution in [0.3, 0.4) is 0 Å². The van der Waals surface area contributed by atoms with E-state index in [0.29, 0.717) is 39.7 Å². The van der Waals surface area contributed by atoms with Gasteiger partial charge in [-0.2, -0.15) is 9.78 Å². The second kappa shape index (κ2) is 8.84.